The molecule has 1 fully saturated rings. The van der Waals surface area contributed by atoms with Gasteiger partial charge in [-0.25, -0.2) is 0 Å². The summed E-state index contributed by atoms with van der Waals surface area (Å²) in [6.45, 7) is 6.12. The number of nitrogens with two attached hydrogens (primary N) is 1. The summed E-state index contributed by atoms with van der Waals surface area (Å²) in [5.41, 5.74) is 5.95. The molecule has 0 saturated heterocycles. The SMILES string of the molecule is CCOC(CNC1CCCC(N)C1)OCC. The average Bonchev–Trinajstić information content (AvgIpc) is 2.27. The summed E-state index contributed by atoms with van der Waals surface area (Å²) in [7, 11) is 0. The van der Waals surface area contributed by atoms with Crippen molar-refractivity contribution >= 4 is 0 Å². The third-order valence-electron chi connectivity index (χ3n) is 2.99. The molecule has 1 aliphatic rings. The van der Waals surface area contributed by atoms with E-state index in [2.05, 4.69) is 5.32 Å². The fourth-order valence-electron chi connectivity index (χ4n) is 2.21. The summed E-state index contributed by atoms with van der Waals surface area (Å²) < 4.78 is 11.0. The van der Waals surface area contributed by atoms with Crippen LogP contribution in [0, 0.1) is 0 Å². The summed E-state index contributed by atoms with van der Waals surface area (Å²) in [6.07, 6.45) is 4.57. The molecule has 16 heavy (non-hydrogen) atoms. The lowest BCUT2D eigenvalue weighted by Gasteiger charge is -2.29. The van der Waals surface area contributed by atoms with E-state index >= 15 is 0 Å². The first-order valence-corrected chi connectivity index (χ1v) is 6.48. The van der Waals surface area contributed by atoms with Crippen LogP contribution in [-0.4, -0.2) is 38.1 Å². The lowest BCUT2D eigenvalue weighted by molar-refractivity contribution is -0.134. The van der Waals surface area contributed by atoms with Gasteiger partial charge >= 0.3 is 0 Å². The Balaban J connectivity index is 2.19. The zero-order valence-electron chi connectivity index (χ0n) is 10.6. The molecule has 0 spiro atoms. The Morgan fingerprint density at radius 2 is 1.94 bits per heavy atom. The van der Waals surface area contributed by atoms with Crippen LogP contribution in [0.25, 0.3) is 0 Å². The minimum absolute atomic E-state index is 0.117. The lowest BCUT2D eigenvalue weighted by Crippen LogP contribution is -2.43. The Labute approximate surface area is 98.9 Å². The molecule has 2 atom stereocenters. The van der Waals surface area contributed by atoms with E-state index in [1.165, 1.54) is 19.3 Å². The van der Waals surface area contributed by atoms with Crippen molar-refractivity contribution in [2.45, 2.75) is 57.9 Å². The standard InChI is InChI=1S/C12H26N2O2/c1-3-15-12(16-4-2)9-14-11-7-5-6-10(13)8-11/h10-12,14H,3-9,13H2,1-2H3. The van der Waals surface area contributed by atoms with Crippen LogP contribution in [0.5, 0.6) is 0 Å². The van der Waals surface area contributed by atoms with Gasteiger partial charge in [-0.3, -0.25) is 0 Å². The van der Waals surface area contributed by atoms with E-state index in [0.29, 0.717) is 25.3 Å². The molecule has 1 aliphatic carbocycles. The Morgan fingerprint density at radius 3 is 2.50 bits per heavy atom. The van der Waals surface area contributed by atoms with E-state index in [9.17, 15) is 0 Å². The van der Waals surface area contributed by atoms with Gasteiger partial charge in [-0.15, -0.1) is 0 Å². The average molecular weight is 230 g/mol. The van der Waals surface area contributed by atoms with Gasteiger partial charge in [0.05, 0.1) is 0 Å². The predicted molar refractivity (Wildman–Crippen MR) is 65.3 cm³/mol. The molecule has 0 radical (unpaired) electrons. The molecule has 4 heteroatoms. The molecular weight excluding hydrogens is 204 g/mol. The van der Waals surface area contributed by atoms with E-state index in [0.717, 1.165) is 13.0 Å². The van der Waals surface area contributed by atoms with Crippen molar-refractivity contribution in [3.63, 3.8) is 0 Å². The minimum atomic E-state index is -0.117. The third kappa shape index (κ3) is 5.25. The van der Waals surface area contributed by atoms with Crippen LogP contribution in [0.1, 0.15) is 39.5 Å². The molecule has 4 nitrogen and oxygen atoms in total. The highest BCUT2D eigenvalue weighted by Gasteiger charge is 2.19. The maximum absolute atomic E-state index is 5.95. The van der Waals surface area contributed by atoms with Gasteiger partial charge in [0.1, 0.15) is 0 Å². The topological polar surface area (TPSA) is 56.5 Å². The number of nitrogens with one attached hydrogen (secondary N) is 1. The highest BCUT2D eigenvalue weighted by Crippen LogP contribution is 2.16. The van der Waals surface area contributed by atoms with Crippen LogP contribution in [-0.2, 0) is 9.47 Å². The van der Waals surface area contributed by atoms with Crippen molar-refractivity contribution in [1.29, 1.82) is 0 Å². The van der Waals surface area contributed by atoms with Crippen molar-refractivity contribution < 1.29 is 9.47 Å². The molecule has 0 heterocycles. The summed E-state index contributed by atoms with van der Waals surface area (Å²) in [5, 5.41) is 3.49. The van der Waals surface area contributed by atoms with E-state index in [-0.39, 0.29) is 6.29 Å². The smallest absolute Gasteiger partial charge is 0.169 e. The van der Waals surface area contributed by atoms with E-state index < -0.39 is 0 Å². The summed E-state index contributed by atoms with van der Waals surface area (Å²) in [5.74, 6) is 0. The molecule has 1 saturated carbocycles. The number of ether oxygens (including phenoxy) is 2. The Kier molecular flexibility index (Phi) is 6.96. The van der Waals surface area contributed by atoms with Crippen LogP contribution in [0.3, 0.4) is 0 Å². The molecule has 96 valence electrons. The van der Waals surface area contributed by atoms with Gasteiger partial charge in [0, 0.05) is 31.8 Å². The molecule has 3 N–H and O–H groups in total. The van der Waals surface area contributed by atoms with Crippen LogP contribution in [0.4, 0.5) is 0 Å². The van der Waals surface area contributed by atoms with Gasteiger partial charge in [0.15, 0.2) is 6.29 Å². The van der Waals surface area contributed by atoms with E-state index in [4.69, 9.17) is 15.2 Å². The van der Waals surface area contributed by atoms with E-state index in [1.807, 2.05) is 13.8 Å². The van der Waals surface area contributed by atoms with Crippen LogP contribution in [0.2, 0.25) is 0 Å². The van der Waals surface area contributed by atoms with Gasteiger partial charge in [-0.05, 0) is 33.1 Å². The van der Waals surface area contributed by atoms with Crippen molar-refractivity contribution in [2.24, 2.45) is 5.73 Å². The van der Waals surface area contributed by atoms with Crippen molar-refractivity contribution in [2.75, 3.05) is 19.8 Å². The molecular formula is C12H26N2O2. The predicted octanol–water partition coefficient (Wildman–Crippen LogP) is 1.24. The van der Waals surface area contributed by atoms with Gasteiger partial charge < -0.3 is 20.5 Å². The van der Waals surface area contributed by atoms with Crippen molar-refractivity contribution in [1.82, 2.24) is 5.32 Å². The quantitative estimate of drug-likeness (QED) is 0.646. The highest BCUT2D eigenvalue weighted by atomic mass is 16.7. The van der Waals surface area contributed by atoms with Gasteiger partial charge in [-0.1, -0.05) is 6.42 Å². The monoisotopic (exact) mass is 230 g/mol. The molecule has 0 aromatic heterocycles. The molecule has 0 aliphatic heterocycles. The number of rotatable bonds is 7. The Hall–Kier alpha value is -0.160. The Bertz CT molecular complexity index is 168. The van der Waals surface area contributed by atoms with Gasteiger partial charge in [0.25, 0.3) is 0 Å². The third-order valence-corrected chi connectivity index (χ3v) is 2.99. The molecule has 0 aromatic carbocycles. The maximum atomic E-state index is 5.95. The molecule has 0 bridgehead atoms. The fraction of sp³-hybridized carbons (Fsp3) is 1.00. The minimum Gasteiger partial charge on any atom is -0.352 e. The first-order valence-electron chi connectivity index (χ1n) is 6.48. The van der Waals surface area contributed by atoms with Crippen LogP contribution >= 0.6 is 0 Å². The second kappa shape index (κ2) is 8.01. The lowest BCUT2D eigenvalue weighted by atomic mass is 9.92. The maximum Gasteiger partial charge on any atom is 0.169 e. The van der Waals surface area contributed by atoms with Crippen LogP contribution in [0.15, 0.2) is 0 Å². The molecule has 1 rings (SSSR count). The number of hydrogen-bond acceptors (Lipinski definition) is 4. The zero-order valence-corrected chi connectivity index (χ0v) is 10.6. The zero-order chi connectivity index (χ0) is 11.8. The van der Waals surface area contributed by atoms with E-state index in [1.54, 1.807) is 0 Å². The fourth-order valence-corrected chi connectivity index (χ4v) is 2.21. The summed E-state index contributed by atoms with van der Waals surface area (Å²) in [4.78, 5) is 0. The molecule has 0 aromatic rings. The first-order chi connectivity index (χ1) is 7.76. The second-order valence-electron chi connectivity index (χ2n) is 4.37. The van der Waals surface area contributed by atoms with Crippen molar-refractivity contribution in [3.8, 4) is 0 Å². The van der Waals surface area contributed by atoms with Crippen molar-refractivity contribution in [3.05, 3.63) is 0 Å². The number of hydrogen-bond donors (Lipinski definition) is 2. The molecule has 0 amide bonds. The highest BCUT2D eigenvalue weighted by molar-refractivity contribution is 4.79. The second-order valence-corrected chi connectivity index (χ2v) is 4.37. The summed E-state index contributed by atoms with van der Waals surface area (Å²) >= 11 is 0. The van der Waals surface area contributed by atoms with Gasteiger partial charge in [0.2, 0.25) is 0 Å². The first kappa shape index (κ1) is 13.9. The normalized spacial score (nSPS) is 26.2. The largest absolute Gasteiger partial charge is 0.352 e. The van der Waals surface area contributed by atoms with Gasteiger partial charge in [-0.2, -0.15) is 0 Å². The molecule has 2 unspecified atom stereocenters. The van der Waals surface area contributed by atoms with Crippen LogP contribution < -0.4 is 11.1 Å². The summed E-state index contributed by atoms with van der Waals surface area (Å²) in [6, 6.07) is 0.899. The Morgan fingerprint density at radius 1 is 1.25 bits per heavy atom.